The summed E-state index contributed by atoms with van der Waals surface area (Å²) in [5, 5.41) is 14.8. The summed E-state index contributed by atoms with van der Waals surface area (Å²) in [6, 6.07) is 13.6. The van der Waals surface area contributed by atoms with E-state index in [4.69, 9.17) is 24.5 Å². The SMILES string of the molecule is CN(C)CCC1CN(Cc2ccccc2)C(=O)c2cccnc2O1.O=C(O)C(=O)O. The molecule has 30 heavy (non-hydrogen) atoms. The molecule has 1 aromatic heterocycles. The molecule has 9 nitrogen and oxygen atoms in total. The number of hydrogen-bond donors (Lipinski definition) is 2. The van der Waals surface area contributed by atoms with Gasteiger partial charge in [0.25, 0.3) is 5.91 Å². The summed E-state index contributed by atoms with van der Waals surface area (Å²) in [6.45, 7) is 2.05. The van der Waals surface area contributed by atoms with Crippen molar-refractivity contribution in [1.29, 1.82) is 0 Å². The summed E-state index contributed by atoms with van der Waals surface area (Å²) >= 11 is 0. The van der Waals surface area contributed by atoms with Crippen LogP contribution in [0.25, 0.3) is 0 Å². The lowest BCUT2D eigenvalue weighted by Crippen LogP contribution is -2.37. The van der Waals surface area contributed by atoms with Crippen molar-refractivity contribution in [2.45, 2.75) is 19.1 Å². The van der Waals surface area contributed by atoms with Crippen LogP contribution in [-0.4, -0.2) is 76.1 Å². The van der Waals surface area contributed by atoms with Gasteiger partial charge in [0.2, 0.25) is 5.88 Å². The first-order chi connectivity index (χ1) is 14.3. The molecule has 1 aliphatic heterocycles. The molecule has 0 saturated heterocycles. The standard InChI is InChI=1S/C19H23N3O2.C2H2O4/c1-21(2)12-10-16-14-22(13-15-7-4-3-5-8-15)19(23)17-9-6-11-20-18(17)24-16;3-1(4)2(5)6/h3-9,11,16H,10,12-14H2,1-2H3;(H,3,4)(H,5,6). The van der Waals surface area contributed by atoms with Crippen LogP contribution in [0.1, 0.15) is 22.3 Å². The Bertz CT molecular complexity index is 860. The largest absolute Gasteiger partial charge is 0.473 e. The predicted molar refractivity (Wildman–Crippen MR) is 108 cm³/mol. The molecule has 0 fully saturated rings. The van der Waals surface area contributed by atoms with E-state index in [1.807, 2.05) is 49.3 Å². The van der Waals surface area contributed by atoms with Gasteiger partial charge in [0.15, 0.2) is 0 Å². The highest BCUT2D eigenvalue weighted by molar-refractivity contribution is 6.27. The molecule has 2 heterocycles. The van der Waals surface area contributed by atoms with Crippen LogP contribution in [0.4, 0.5) is 0 Å². The normalized spacial score (nSPS) is 15.4. The number of pyridine rings is 1. The van der Waals surface area contributed by atoms with Crippen molar-refractivity contribution in [1.82, 2.24) is 14.8 Å². The molecule has 0 saturated carbocycles. The highest BCUT2D eigenvalue weighted by Gasteiger charge is 2.29. The second kappa shape index (κ2) is 10.9. The third-order valence-corrected chi connectivity index (χ3v) is 4.29. The number of ether oxygens (including phenoxy) is 1. The van der Waals surface area contributed by atoms with E-state index in [9.17, 15) is 4.79 Å². The van der Waals surface area contributed by atoms with E-state index in [2.05, 4.69) is 9.88 Å². The minimum Gasteiger partial charge on any atom is -0.473 e. The first kappa shape index (κ1) is 22.8. The molecule has 0 aliphatic carbocycles. The number of carboxylic acid groups (broad SMARTS) is 2. The smallest absolute Gasteiger partial charge is 0.414 e. The molecule has 2 N–H and O–H groups in total. The summed E-state index contributed by atoms with van der Waals surface area (Å²) in [5.41, 5.74) is 1.66. The van der Waals surface area contributed by atoms with E-state index < -0.39 is 11.9 Å². The molecule has 1 aromatic carbocycles. The Labute approximate surface area is 174 Å². The van der Waals surface area contributed by atoms with E-state index in [-0.39, 0.29) is 12.0 Å². The minimum absolute atomic E-state index is 0.0192. The fourth-order valence-electron chi connectivity index (χ4n) is 2.83. The Morgan fingerprint density at radius 1 is 1.13 bits per heavy atom. The zero-order valence-corrected chi connectivity index (χ0v) is 16.9. The molecule has 1 aliphatic rings. The number of aliphatic carboxylic acids is 2. The lowest BCUT2D eigenvalue weighted by atomic mass is 10.1. The van der Waals surface area contributed by atoms with Crippen molar-refractivity contribution in [3.63, 3.8) is 0 Å². The van der Waals surface area contributed by atoms with Crippen molar-refractivity contribution < 1.29 is 29.3 Å². The summed E-state index contributed by atoms with van der Waals surface area (Å²) in [5.74, 6) is -3.22. The van der Waals surface area contributed by atoms with Gasteiger partial charge in [0, 0.05) is 19.3 Å². The quantitative estimate of drug-likeness (QED) is 0.707. The first-order valence-electron chi connectivity index (χ1n) is 9.33. The van der Waals surface area contributed by atoms with Crippen molar-refractivity contribution in [3.05, 3.63) is 59.8 Å². The third-order valence-electron chi connectivity index (χ3n) is 4.29. The molecule has 0 spiro atoms. The number of fused-ring (bicyclic) bond motifs is 1. The molecule has 1 atom stereocenters. The highest BCUT2D eigenvalue weighted by atomic mass is 16.5. The Morgan fingerprint density at radius 2 is 1.80 bits per heavy atom. The Hall–Kier alpha value is -3.46. The number of benzene rings is 1. The number of rotatable bonds is 5. The van der Waals surface area contributed by atoms with Gasteiger partial charge < -0.3 is 24.7 Å². The average molecular weight is 415 g/mol. The number of amides is 1. The number of nitrogens with zero attached hydrogens (tertiary/aromatic N) is 3. The van der Waals surface area contributed by atoms with Gasteiger partial charge in [-0.05, 0) is 38.2 Å². The third kappa shape index (κ3) is 6.85. The van der Waals surface area contributed by atoms with Crippen molar-refractivity contribution in [3.8, 4) is 5.88 Å². The van der Waals surface area contributed by atoms with Gasteiger partial charge in [0.05, 0.1) is 6.54 Å². The molecule has 0 bridgehead atoms. The van der Waals surface area contributed by atoms with Crippen LogP contribution in [0, 0.1) is 0 Å². The van der Waals surface area contributed by atoms with E-state index in [1.165, 1.54) is 0 Å². The number of carboxylic acids is 2. The van der Waals surface area contributed by atoms with Gasteiger partial charge in [-0.15, -0.1) is 0 Å². The van der Waals surface area contributed by atoms with Gasteiger partial charge in [-0.2, -0.15) is 0 Å². The number of carbonyl (C=O) groups is 3. The molecule has 2 aromatic rings. The lowest BCUT2D eigenvalue weighted by molar-refractivity contribution is -0.159. The van der Waals surface area contributed by atoms with Crippen LogP contribution in [0.3, 0.4) is 0 Å². The van der Waals surface area contributed by atoms with Crippen LogP contribution in [-0.2, 0) is 16.1 Å². The predicted octanol–water partition coefficient (Wildman–Crippen LogP) is 1.59. The van der Waals surface area contributed by atoms with E-state index in [0.29, 0.717) is 24.5 Å². The summed E-state index contributed by atoms with van der Waals surface area (Å²) in [4.78, 5) is 39.4. The van der Waals surface area contributed by atoms with Crippen molar-refractivity contribution in [2.75, 3.05) is 27.2 Å². The average Bonchev–Trinajstić information content (AvgIpc) is 2.84. The molecular weight excluding hydrogens is 390 g/mol. The van der Waals surface area contributed by atoms with Crippen LogP contribution < -0.4 is 4.74 Å². The van der Waals surface area contributed by atoms with Gasteiger partial charge in [-0.25, -0.2) is 14.6 Å². The topological polar surface area (TPSA) is 120 Å². The van der Waals surface area contributed by atoms with Gasteiger partial charge in [-0.3, -0.25) is 4.79 Å². The summed E-state index contributed by atoms with van der Waals surface area (Å²) < 4.78 is 6.05. The Balaban J connectivity index is 0.000000469. The van der Waals surface area contributed by atoms with Crippen LogP contribution in [0.5, 0.6) is 5.88 Å². The summed E-state index contributed by atoms with van der Waals surface area (Å²) in [6.07, 6.45) is 2.46. The molecular formula is C21H25N3O6. The first-order valence-corrected chi connectivity index (χ1v) is 9.33. The maximum atomic E-state index is 12.9. The minimum atomic E-state index is -1.82. The van der Waals surface area contributed by atoms with E-state index in [1.54, 1.807) is 18.3 Å². The lowest BCUT2D eigenvalue weighted by Gasteiger charge is -2.25. The summed E-state index contributed by atoms with van der Waals surface area (Å²) in [7, 11) is 4.07. The molecule has 1 amide bonds. The van der Waals surface area contributed by atoms with Crippen molar-refractivity contribution in [2.24, 2.45) is 0 Å². The fraction of sp³-hybridized carbons (Fsp3) is 0.333. The van der Waals surface area contributed by atoms with Crippen LogP contribution in [0.15, 0.2) is 48.7 Å². The molecule has 9 heteroatoms. The fourth-order valence-corrected chi connectivity index (χ4v) is 2.83. The monoisotopic (exact) mass is 415 g/mol. The second-order valence-electron chi connectivity index (χ2n) is 6.97. The van der Waals surface area contributed by atoms with Gasteiger partial charge >= 0.3 is 11.9 Å². The number of carbonyl (C=O) groups excluding carboxylic acids is 1. The molecule has 160 valence electrons. The second-order valence-corrected chi connectivity index (χ2v) is 6.97. The number of aromatic nitrogens is 1. The van der Waals surface area contributed by atoms with E-state index >= 15 is 0 Å². The van der Waals surface area contributed by atoms with Gasteiger partial charge in [0.1, 0.15) is 11.7 Å². The molecule has 3 rings (SSSR count). The Morgan fingerprint density at radius 3 is 2.40 bits per heavy atom. The Kier molecular flexibility index (Phi) is 8.30. The maximum absolute atomic E-state index is 12.9. The zero-order chi connectivity index (χ0) is 22.1. The maximum Gasteiger partial charge on any atom is 0.414 e. The molecule has 1 unspecified atom stereocenters. The van der Waals surface area contributed by atoms with Crippen LogP contribution >= 0.6 is 0 Å². The zero-order valence-electron chi connectivity index (χ0n) is 16.9. The highest BCUT2D eigenvalue weighted by Crippen LogP contribution is 2.24. The number of hydrogen-bond acceptors (Lipinski definition) is 6. The molecule has 0 radical (unpaired) electrons. The van der Waals surface area contributed by atoms with Gasteiger partial charge in [-0.1, -0.05) is 30.3 Å². The van der Waals surface area contributed by atoms with E-state index in [0.717, 1.165) is 18.5 Å². The van der Waals surface area contributed by atoms with Crippen LogP contribution in [0.2, 0.25) is 0 Å². The van der Waals surface area contributed by atoms with Crippen molar-refractivity contribution >= 4 is 17.8 Å².